The Morgan fingerprint density at radius 3 is 2.16 bits per heavy atom. The predicted octanol–water partition coefficient (Wildman–Crippen LogP) is 3.70. The van der Waals surface area contributed by atoms with E-state index in [4.69, 9.17) is 0 Å². The lowest BCUT2D eigenvalue weighted by atomic mass is 10.1. The van der Waals surface area contributed by atoms with Crippen molar-refractivity contribution >= 4 is 27.7 Å². The molecule has 0 saturated heterocycles. The zero-order chi connectivity index (χ0) is 27.3. The van der Waals surface area contributed by atoms with E-state index >= 15 is 0 Å². The molecule has 1 saturated carbocycles. The molecule has 9 heteroatoms. The van der Waals surface area contributed by atoms with Crippen molar-refractivity contribution in [2.24, 2.45) is 0 Å². The molecule has 1 fully saturated rings. The van der Waals surface area contributed by atoms with E-state index in [1.807, 2.05) is 57.2 Å². The molecule has 0 heterocycles. The summed E-state index contributed by atoms with van der Waals surface area (Å²) in [6.07, 6.45) is 4.04. The number of hydrogen-bond acceptors (Lipinski definition) is 4. The normalized spacial score (nSPS) is 15.0. The first-order valence-corrected chi connectivity index (χ1v) is 14.2. The van der Waals surface area contributed by atoms with Crippen LogP contribution in [0.2, 0.25) is 0 Å². The summed E-state index contributed by atoms with van der Waals surface area (Å²) in [6.45, 7) is 7.17. The first kappa shape index (κ1) is 28.7. The third kappa shape index (κ3) is 7.11. The molecule has 1 N–H and O–H groups in total. The highest BCUT2D eigenvalue weighted by Crippen LogP contribution is 2.26. The van der Waals surface area contributed by atoms with E-state index in [1.54, 1.807) is 13.0 Å². The smallest absolute Gasteiger partial charge is 0.304 e. The standard InChI is InChI=1S/C28H40N4O4S/c1-20-12-15-24(16-13-20)18-31(23(4)28(34)29-25-9-7-8-10-25)27(33)19-32(37(35,36)30(5)6)26-17-21(2)11-14-22(26)3/h11-17,23,25H,7-10,18-19H2,1-6H3,(H,29,34)/t23-/m0/s1. The summed E-state index contributed by atoms with van der Waals surface area (Å²) < 4.78 is 29.0. The molecule has 8 nitrogen and oxygen atoms in total. The highest BCUT2D eigenvalue weighted by molar-refractivity contribution is 7.90. The van der Waals surface area contributed by atoms with E-state index in [0.29, 0.717) is 5.69 Å². The summed E-state index contributed by atoms with van der Waals surface area (Å²) in [5.41, 5.74) is 4.02. The Bertz CT molecular complexity index is 1210. The van der Waals surface area contributed by atoms with E-state index in [9.17, 15) is 18.0 Å². The van der Waals surface area contributed by atoms with Crippen molar-refractivity contribution in [2.45, 2.75) is 72.0 Å². The van der Waals surface area contributed by atoms with E-state index in [0.717, 1.165) is 56.5 Å². The lowest BCUT2D eigenvalue weighted by Gasteiger charge is -2.33. The van der Waals surface area contributed by atoms with Crippen LogP contribution in [0.1, 0.15) is 54.9 Å². The zero-order valence-electron chi connectivity index (χ0n) is 22.8. The number of benzene rings is 2. The van der Waals surface area contributed by atoms with Gasteiger partial charge in [0.1, 0.15) is 12.6 Å². The monoisotopic (exact) mass is 528 g/mol. The predicted molar refractivity (Wildman–Crippen MR) is 147 cm³/mol. The summed E-state index contributed by atoms with van der Waals surface area (Å²) in [4.78, 5) is 28.6. The first-order chi connectivity index (χ1) is 17.4. The minimum atomic E-state index is -3.98. The Hall–Kier alpha value is -2.91. The lowest BCUT2D eigenvalue weighted by Crippen LogP contribution is -2.53. The van der Waals surface area contributed by atoms with E-state index < -0.39 is 28.7 Å². The van der Waals surface area contributed by atoms with Gasteiger partial charge in [-0.25, -0.2) is 4.31 Å². The minimum Gasteiger partial charge on any atom is -0.352 e. The summed E-state index contributed by atoms with van der Waals surface area (Å²) >= 11 is 0. The lowest BCUT2D eigenvalue weighted by molar-refractivity contribution is -0.139. The summed E-state index contributed by atoms with van der Waals surface area (Å²) in [7, 11) is -1.10. The van der Waals surface area contributed by atoms with Crippen LogP contribution in [0.4, 0.5) is 5.69 Å². The van der Waals surface area contributed by atoms with Gasteiger partial charge < -0.3 is 10.2 Å². The molecule has 0 bridgehead atoms. The molecule has 1 aliphatic rings. The second kappa shape index (κ2) is 12.1. The molecule has 0 unspecified atom stereocenters. The highest BCUT2D eigenvalue weighted by atomic mass is 32.2. The third-order valence-corrected chi connectivity index (χ3v) is 8.80. The van der Waals surface area contributed by atoms with E-state index in [1.165, 1.54) is 19.0 Å². The Morgan fingerprint density at radius 2 is 1.57 bits per heavy atom. The van der Waals surface area contributed by atoms with Gasteiger partial charge in [-0.1, -0.05) is 54.8 Å². The molecule has 2 amide bonds. The first-order valence-electron chi connectivity index (χ1n) is 12.8. The number of nitrogens with zero attached hydrogens (tertiary/aromatic N) is 3. The molecule has 0 radical (unpaired) electrons. The molecule has 0 aliphatic heterocycles. The Morgan fingerprint density at radius 1 is 0.973 bits per heavy atom. The quantitative estimate of drug-likeness (QED) is 0.509. The van der Waals surface area contributed by atoms with Gasteiger partial charge in [0.05, 0.1) is 5.69 Å². The summed E-state index contributed by atoms with van der Waals surface area (Å²) in [5, 5.41) is 3.09. The van der Waals surface area contributed by atoms with Crippen molar-refractivity contribution in [2.75, 3.05) is 24.9 Å². The van der Waals surface area contributed by atoms with Gasteiger partial charge in [-0.3, -0.25) is 9.59 Å². The fraction of sp³-hybridized carbons (Fsp3) is 0.500. The number of rotatable bonds is 10. The number of anilines is 1. The van der Waals surface area contributed by atoms with Crippen LogP contribution in [0, 0.1) is 20.8 Å². The largest absolute Gasteiger partial charge is 0.352 e. The van der Waals surface area contributed by atoms with Crippen molar-refractivity contribution in [3.63, 3.8) is 0 Å². The Balaban J connectivity index is 1.95. The second-order valence-corrected chi connectivity index (χ2v) is 12.3. The van der Waals surface area contributed by atoms with Crippen molar-refractivity contribution in [3.8, 4) is 0 Å². The van der Waals surface area contributed by atoms with Crippen LogP contribution in [-0.4, -0.2) is 62.2 Å². The minimum absolute atomic E-state index is 0.117. The number of nitrogens with one attached hydrogen (secondary N) is 1. The molecule has 1 atom stereocenters. The summed E-state index contributed by atoms with van der Waals surface area (Å²) in [6, 6.07) is 12.6. The number of aryl methyl sites for hydroxylation is 3. The zero-order valence-corrected chi connectivity index (χ0v) is 23.6. The van der Waals surface area contributed by atoms with Crippen molar-refractivity contribution in [1.29, 1.82) is 0 Å². The molecule has 1 aliphatic carbocycles. The van der Waals surface area contributed by atoms with Crippen LogP contribution in [0.25, 0.3) is 0 Å². The molecule has 37 heavy (non-hydrogen) atoms. The molecule has 0 aromatic heterocycles. The van der Waals surface area contributed by atoms with Crippen LogP contribution < -0.4 is 9.62 Å². The van der Waals surface area contributed by atoms with E-state index in [2.05, 4.69) is 5.32 Å². The number of amides is 2. The van der Waals surface area contributed by atoms with E-state index in [-0.39, 0.29) is 18.5 Å². The van der Waals surface area contributed by atoms with Crippen molar-refractivity contribution in [1.82, 2.24) is 14.5 Å². The molecule has 2 aromatic carbocycles. The van der Waals surface area contributed by atoms with Gasteiger partial charge in [0.15, 0.2) is 0 Å². The molecular weight excluding hydrogens is 488 g/mol. The number of carbonyl (C=O) groups excluding carboxylic acids is 2. The van der Waals surface area contributed by atoms with Gasteiger partial charge in [-0.2, -0.15) is 12.7 Å². The topological polar surface area (TPSA) is 90.0 Å². The second-order valence-electron chi connectivity index (χ2n) is 10.3. The van der Waals surface area contributed by atoms with Gasteiger partial charge in [0.2, 0.25) is 11.8 Å². The van der Waals surface area contributed by atoms with Gasteiger partial charge in [-0.15, -0.1) is 0 Å². The SMILES string of the molecule is Cc1ccc(CN(C(=O)CN(c2cc(C)ccc2C)S(=O)(=O)N(C)C)[C@@H](C)C(=O)NC2CCCC2)cc1. The third-order valence-electron chi connectivity index (χ3n) is 6.99. The maximum atomic E-state index is 13.9. The summed E-state index contributed by atoms with van der Waals surface area (Å²) in [5.74, 6) is -0.665. The van der Waals surface area contributed by atoms with Crippen LogP contribution in [0.3, 0.4) is 0 Å². The van der Waals surface area contributed by atoms with Crippen LogP contribution in [0.15, 0.2) is 42.5 Å². The van der Waals surface area contributed by atoms with Gasteiger partial charge in [-0.05, 0) is 63.3 Å². The average molecular weight is 529 g/mol. The van der Waals surface area contributed by atoms with Crippen molar-refractivity contribution < 1.29 is 18.0 Å². The van der Waals surface area contributed by atoms with Crippen LogP contribution in [-0.2, 0) is 26.3 Å². The maximum absolute atomic E-state index is 13.9. The van der Waals surface area contributed by atoms with Gasteiger partial charge in [0, 0.05) is 26.7 Å². The number of carbonyl (C=O) groups is 2. The average Bonchev–Trinajstić information content (AvgIpc) is 3.36. The van der Waals surface area contributed by atoms with Crippen LogP contribution >= 0.6 is 0 Å². The van der Waals surface area contributed by atoms with Gasteiger partial charge in [0.25, 0.3) is 0 Å². The Kier molecular flexibility index (Phi) is 9.36. The highest BCUT2D eigenvalue weighted by Gasteiger charge is 2.34. The van der Waals surface area contributed by atoms with Crippen molar-refractivity contribution in [3.05, 3.63) is 64.7 Å². The fourth-order valence-corrected chi connectivity index (χ4v) is 5.67. The number of hydrogen-bond donors (Lipinski definition) is 1. The Labute approximate surface area is 221 Å². The van der Waals surface area contributed by atoms with Crippen LogP contribution in [0.5, 0.6) is 0 Å². The molecule has 202 valence electrons. The molecule has 0 spiro atoms. The molecular formula is C28H40N4O4S. The fourth-order valence-electron chi connectivity index (χ4n) is 4.55. The van der Waals surface area contributed by atoms with Gasteiger partial charge >= 0.3 is 10.2 Å². The maximum Gasteiger partial charge on any atom is 0.304 e. The molecule has 3 rings (SSSR count). The molecule has 2 aromatic rings.